The van der Waals surface area contributed by atoms with Gasteiger partial charge in [0.25, 0.3) is 0 Å². The molecule has 2 nitrogen and oxygen atoms in total. The summed E-state index contributed by atoms with van der Waals surface area (Å²) in [5.41, 5.74) is 0. The Morgan fingerprint density at radius 2 is 2.10 bits per heavy atom. The van der Waals surface area contributed by atoms with E-state index in [0.717, 1.165) is 12.8 Å². The van der Waals surface area contributed by atoms with Crippen LogP contribution in [0.25, 0.3) is 0 Å². The molecule has 1 fully saturated rings. The van der Waals surface area contributed by atoms with Crippen molar-refractivity contribution in [3.05, 3.63) is 0 Å². The summed E-state index contributed by atoms with van der Waals surface area (Å²) < 4.78 is 4.99. The lowest BCUT2D eigenvalue weighted by atomic mass is 10.0. The van der Waals surface area contributed by atoms with Gasteiger partial charge < -0.3 is 4.74 Å². The van der Waals surface area contributed by atoms with E-state index in [9.17, 15) is 4.79 Å². The Hall–Kier alpha value is -0.530. The highest BCUT2D eigenvalue weighted by molar-refractivity contribution is 5.72. The number of hydrogen-bond acceptors (Lipinski definition) is 2. The highest BCUT2D eigenvalue weighted by atomic mass is 16.5. The molecule has 0 amide bonds. The van der Waals surface area contributed by atoms with Gasteiger partial charge in [0.05, 0.1) is 12.5 Å². The second kappa shape index (κ2) is 3.04. The van der Waals surface area contributed by atoms with Gasteiger partial charge in [0.15, 0.2) is 0 Å². The highest BCUT2D eigenvalue weighted by Gasteiger charge is 2.20. The molecule has 0 aliphatic carbocycles. The molecule has 2 unspecified atom stereocenters. The van der Waals surface area contributed by atoms with Crippen LogP contribution in [0.4, 0.5) is 0 Å². The van der Waals surface area contributed by atoms with Crippen LogP contribution in [0.15, 0.2) is 0 Å². The number of cyclic esters (lactones) is 1. The zero-order valence-electron chi connectivity index (χ0n) is 6.59. The van der Waals surface area contributed by atoms with Crippen molar-refractivity contribution in [2.75, 3.05) is 6.61 Å². The van der Waals surface area contributed by atoms with Crippen LogP contribution in [0.5, 0.6) is 0 Å². The first-order chi connectivity index (χ1) is 4.70. The number of hydrogen-bond donors (Lipinski definition) is 0. The SMILES string of the molecule is CC1CCC(C)C(=O)OC1. The molecule has 1 aliphatic rings. The van der Waals surface area contributed by atoms with E-state index in [0.29, 0.717) is 12.5 Å². The largest absolute Gasteiger partial charge is 0.465 e. The summed E-state index contributed by atoms with van der Waals surface area (Å²) in [4.78, 5) is 10.9. The molecule has 2 heteroatoms. The zero-order valence-corrected chi connectivity index (χ0v) is 6.59. The predicted molar refractivity (Wildman–Crippen MR) is 38.5 cm³/mol. The van der Waals surface area contributed by atoms with Crippen LogP contribution < -0.4 is 0 Å². The van der Waals surface area contributed by atoms with Crippen LogP contribution in [-0.4, -0.2) is 12.6 Å². The predicted octanol–water partition coefficient (Wildman–Crippen LogP) is 1.60. The second-order valence-electron chi connectivity index (χ2n) is 3.21. The molecule has 0 aromatic heterocycles. The Morgan fingerprint density at radius 3 is 2.80 bits per heavy atom. The molecule has 2 atom stereocenters. The minimum atomic E-state index is -0.0237. The van der Waals surface area contributed by atoms with Gasteiger partial charge in [0.2, 0.25) is 0 Å². The summed E-state index contributed by atoms with van der Waals surface area (Å²) in [5, 5.41) is 0. The van der Waals surface area contributed by atoms with Crippen molar-refractivity contribution in [2.24, 2.45) is 11.8 Å². The van der Waals surface area contributed by atoms with E-state index in [1.807, 2.05) is 6.92 Å². The topological polar surface area (TPSA) is 26.3 Å². The van der Waals surface area contributed by atoms with Gasteiger partial charge in [-0.05, 0) is 18.8 Å². The van der Waals surface area contributed by atoms with Crippen molar-refractivity contribution in [3.8, 4) is 0 Å². The van der Waals surface area contributed by atoms with Gasteiger partial charge in [-0.3, -0.25) is 4.79 Å². The lowest BCUT2D eigenvalue weighted by molar-refractivity contribution is -0.147. The number of carbonyl (C=O) groups excluding carboxylic acids is 1. The van der Waals surface area contributed by atoms with Crippen LogP contribution in [0, 0.1) is 11.8 Å². The molecular formula is C8H14O2. The van der Waals surface area contributed by atoms with Crippen LogP contribution in [0.3, 0.4) is 0 Å². The monoisotopic (exact) mass is 142 g/mol. The van der Waals surface area contributed by atoms with Crippen molar-refractivity contribution in [2.45, 2.75) is 26.7 Å². The van der Waals surface area contributed by atoms with Gasteiger partial charge in [-0.1, -0.05) is 13.8 Å². The third kappa shape index (κ3) is 1.72. The first-order valence-electron chi connectivity index (χ1n) is 3.87. The summed E-state index contributed by atoms with van der Waals surface area (Å²) in [5.74, 6) is 0.642. The van der Waals surface area contributed by atoms with Gasteiger partial charge in [-0.2, -0.15) is 0 Å². The molecule has 1 heterocycles. The number of rotatable bonds is 0. The maximum absolute atomic E-state index is 10.9. The average molecular weight is 142 g/mol. The Bertz CT molecular complexity index is 131. The van der Waals surface area contributed by atoms with Gasteiger partial charge in [-0.15, -0.1) is 0 Å². The molecule has 0 aromatic rings. The van der Waals surface area contributed by atoms with Gasteiger partial charge >= 0.3 is 5.97 Å². The van der Waals surface area contributed by atoms with Crippen molar-refractivity contribution in [1.29, 1.82) is 0 Å². The Morgan fingerprint density at radius 1 is 1.40 bits per heavy atom. The highest BCUT2D eigenvalue weighted by Crippen LogP contribution is 2.18. The van der Waals surface area contributed by atoms with Crippen molar-refractivity contribution >= 4 is 5.97 Å². The number of ether oxygens (including phenoxy) is 1. The molecule has 0 aromatic carbocycles. The lowest BCUT2D eigenvalue weighted by Gasteiger charge is -2.03. The van der Waals surface area contributed by atoms with Crippen molar-refractivity contribution < 1.29 is 9.53 Å². The fourth-order valence-electron chi connectivity index (χ4n) is 1.10. The minimum Gasteiger partial charge on any atom is -0.465 e. The third-order valence-corrected chi connectivity index (χ3v) is 2.00. The van der Waals surface area contributed by atoms with Crippen LogP contribution in [0.2, 0.25) is 0 Å². The lowest BCUT2D eigenvalue weighted by Crippen LogP contribution is -2.12. The normalized spacial score (nSPS) is 34.8. The van der Waals surface area contributed by atoms with E-state index in [1.54, 1.807) is 0 Å². The van der Waals surface area contributed by atoms with Gasteiger partial charge in [0, 0.05) is 0 Å². The van der Waals surface area contributed by atoms with Gasteiger partial charge in [0.1, 0.15) is 0 Å². The van der Waals surface area contributed by atoms with E-state index in [1.165, 1.54) is 0 Å². The Balaban J connectivity index is 2.46. The molecule has 1 saturated heterocycles. The summed E-state index contributed by atoms with van der Waals surface area (Å²) in [6.07, 6.45) is 2.10. The van der Waals surface area contributed by atoms with Crippen LogP contribution >= 0.6 is 0 Å². The third-order valence-electron chi connectivity index (χ3n) is 2.00. The smallest absolute Gasteiger partial charge is 0.308 e. The molecule has 0 bridgehead atoms. The Labute approximate surface area is 61.6 Å². The summed E-state index contributed by atoms with van der Waals surface area (Å²) in [6, 6.07) is 0. The van der Waals surface area contributed by atoms with Crippen LogP contribution in [0.1, 0.15) is 26.7 Å². The molecular weight excluding hydrogens is 128 g/mol. The quantitative estimate of drug-likeness (QED) is 0.480. The molecule has 1 aliphatic heterocycles. The van der Waals surface area contributed by atoms with Crippen LogP contribution in [-0.2, 0) is 9.53 Å². The molecule has 1 rings (SSSR count). The Kier molecular flexibility index (Phi) is 2.30. The van der Waals surface area contributed by atoms with E-state index in [4.69, 9.17) is 4.74 Å². The first kappa shape index (κ1) is 7.58. The zero-order chi connectivity index (χ0) is 7.56. The molecule has 58 valence electrons. The van der Waals surface area contributed by atoms with Crippen molar-refractivity contribution in [1.82, 2.24) is 0 Å². The fraction of sp³-hybridized carbons (Fsp3) is 0.875. The maximum Gasteiger partial charge on any atom is 0.308 e. The van der Waals surface area contributed by atoms with E-state index in [2.05, 4.69) is 6.92 Å². The molecule has 10 heavy (non-hydrogen) atoms. The molecule has 0 saturated carbocycles. The summed E-state index contributed by atoms with van der Waals surface area (Å²) in [6.45, 7) is 4.66. The first-order valence-corrected chi connectivity index (χ1v) is 3.87. The molecule has 0 N–H and O–H groups in total. The average Bonchev–Trinajstić information content (AvgIpc) is 2.04. The summed E-state index contributed by atoms with van der Waals surface area (Å²) in [7, 11) is 0. The standard InChI is InChI=1S/C8H14O2/c1-6-3-4-7(2)8(9)10-5-6/h6-7H,3-5H2,1-2H3. The second-order valence-corrected chi connectivity index (χ2v) is 3.21. The minimum absolute atomic E-state index is 0.0237. The molecule has 0 spiro atoms. The van der Waals surface area contributed by atoms with Gasteiger partial charge in [-0.25, -0.2) is 0 Å². The summed E-state index contributed by atoms with van der Waals surface area (Å²) >= 11 is 0. The van der Waals surface area contributed by atoms with E-state index < -0.39 is 0 Å². The van der Waals surface area contributed by atoms with E-state index in [-0.39, 0.29) is 11.9 Å². The number of carbonyl (C=O) groups is 1. The molecule has 0 radical (unpaired) electrons. The fourth-order valence-corrected chi connectivity index (χ4v) is 1.10. The van der Waals surface area contributed by atoms with E-state index >= 15 is 0 Å². The maximum atomic E-state index is 10.9. The number of esters is 1. The van der Waals surface area contributed by atoms with Crippen molar-refractivity contribution in [3.63, 3.8) is 0 Å².